The normalized spacial score (nSPS) is 13.8. The summed E-state index contributed by atoms with van der Waals surface area (Å²) in [4.78, 5) is 0. The Kier molecular flexibility index (Phi) is 8.85. The number of alkyl halides is 2. The number of hydrazine groups is 1. The zero-order valence-electron chi connectivity index (χ0n) is 9.51. The second kappa shape index (κ2) is 9.00. The molecule has 0 aliphatic rings. The Bertz CT molecular complexity index is 145. The van der Waals surface area contributed by atoms with Crippen molar-refractivity contribution in [3.05, 3.63) is 0 Å². The predicted molar refractivity (Wildman–Crippen MR) is 56.6 cm³/mol. The van der Waals surface area contributed by atoms with Crippen molar-refractivity contribution in [2.24, 2.45) is 11.8 Å². The minimum absolute atomic E-state index is 0.157. The molecule has 0 aromatic heterocycles. The van der Waals surface area contributed by atoms with Crippen molar-refractivity contribution in [2.75, 3.05) is 13.2 Å². The molecule has 0 rings (SSSR count). The summed E-state index contributed by atoms with van der Waals surface area (Å²) < 4.78 is 28.2. The molecular formula is C10H22F2N2O. The Morgan fingerprint density at radius 1 is 1.20 bits per heavy atom. The molecule has 0 aromatic rings. The summed E-state index contributed by atoms with van der Waals surface area (Å²) >= 11 is 0. The highest BCUT2D eigenvalue weighted by molar-refractivity contribution is 4.64. The van der Waals surface area contributed by atoms with Gasteiger partial charge in [-0.05, 0) is 25.2 Å². The topological polar surface area (TPSA) is 47.3 Å². The molecule has 0 saturated heterocycles. The highest BCUT2D eigenvalue weighted by Crippen LogP contribution is 2.08. The van der Waals surface area contributed by atoms with Crippen molar-refractivity contribution in [2.45, 2.75) is 45.6 Å². The highest BCUT2D eigenvalue weighted by atomic mass is 19.3. The second-order valence-corrected chi connectivity index (χ2v) is 4.09. The van der Waals surface area contributed by atoms with E-state index in [1.807, 2.05) is 0 Å². The number of hydrogen-bond donors (Lipinski definition) is 2. The fraction of sp³-hybridized carbons (Fsp3) is 1.00. The smallest absolute Gasteiger partial charge is 0.261 e. The average Bonchev–Trinajstić information content (AvgIpc) is 2.16. The van der Waals surface area contributed by atoms with E-state index in [-0.39, 0.29) is 6.04 Å². The number of rotatable bonds is 9. The third-order valence-electron chi connectivity index (χ3n) is 2.18. The molecule has 92 valence electrons. The summed E-state index contributed by atoms with van der Waals surface area (Å²) in [5, 5.41) is 0. The maximum atomic E-state index is 11.7. The first-order valence-corrected chi connectivity index (χ1v) is 5.38. The van der Waals surface area contributed by atoms with Gasteiger partial charge >= 0.3 is 0 Å². The predicted octanol–water partition coefficient (Wildman–Crippen LogP) is 1.93. The molecule has 0 spiro atoms. The van der Waals surface area contributed by atoms with Gasteiger partial charge in [-0.3, -0.25) is 11.3 Å². The van der Waals surface area contributed by atoms with E-state index < -0.39 is 13.0 Å². The van der Waals surface area contributed by atoms with Gasteiger partial charge in [0.05, 0.1) is 0 Å². The Hall–Kier alpha value is -0.260. The van der Waals surface area contributed by atoms with Crippen molar-refractivity contribution in [1.82, 2.24) is 5.43 Å². The zero-order chi connectivity index (χ0) is 11.7. The maximum absolute atomic E-state index is 11.7. The monoisotopic (exact) mass is 224 g/mol. The number of halogens is 2. The lowest BCUT2D eigenvalue weighted by Crippen LogP contribution is -2.36. The quantitative estimate of drug-likeness (QED) is 0.357. The van der Waals surface area contributed by atoms with E-state index in [1.54, 1.807) is 0 Å². The van der Waals surface area contributed by atoms with Crippen LogP contribution in [-0.4, -0.2) is 25.7 Å². The van der Waals surface area contributed by atoms with Crippen LogP contribution in [0.1, 0.15) is 33.1 Å². The first-order valence-electron chi connectivity index (χ1n) is 5.38. The van der Waals surface area contributed by atoms with Crippen LogP contribution >= 0.6 is 0 Å². The van der Waals surface area contributed by atoms with E-state index in [4.69, 9.17) is 10.6 Å². The maximum Gasteiger partial charge on any atom is 0.261 e. The molecule has 0 aliphatic heterocycles. The lowest BCUT2D eigenvalue weighted by atomic mass is 10.0. The first kappa shape index (κ1) is 14.7. The van der Waals surface area contributed by atoms with Gasteiger partial charge in [0.1, 0.15) is 6.61 Å². The van der Waals surface area contributed by atoms with Gasteiger partial charge in [-0.25, -0.2) is 8.78 Å². The van der Waals surface area contributed by atoms with Crippen molar-refractivity contribution < 1.29 is 13.5 Å². The molecule has 1 atom stereocenters. The van der Waals surface area contributed by atoms with Crippen molar-refractivity contribution in [3.8, 4) is 0 Å². The van der Waals surface area contributed by atoms with E-state index in [1.165, 1.54) is 0 Å². The molecule has 0 bridgehead atoms. The Morgan fingerprint density at radius 3 is 2.33 bits per heavy atom. The van der Waals surface area contributed by atoms with Gasteiger partial charge in [-0.2, -0.15) is 0 Å². The fourth-order valence-electron chi connectivity index (χ4n) is 1.24. The van der Waals surface area contributed by atoms with Crippen LogP contribution in [0.4, 0.5) is 8.78 Å². The lowest BCUT2D eigenvalue weighted by Gasteiger charge is -2.16. The zero-order valence-corrected chi connectivity index (χ0v) is 9.51. The summed E-state index contributed by atoms with van der Waals surface area (Å²) in [6, 6.07) is 0.157. The molecule has 1 unspecified atom stereocenters. The number of nitrogens with one attached hydrogen (secondary N) is 1. The van der Waals surface area contributed by atoms with Crippen LogP contribution in [-0.2, 0) is 4.74 Å². The van der Waals surface area contributed by atoms with Crippen LogP contribution in [0.3, 0.4) is 0 Å². The second-order valence-electron chi connectivity index (χ2n) is 4.09. The first-order chi connectivity index (χ1) is 7.06. The van der Waals surface area contributed by atoms with E-state index in [0.29, 0.717) is 18.9 Å². The largest absolute Gasteiger partial charge is 0.375 e. The van der Waals surface area contributed by atoms with Crippen LogP contribution < -0.4 is 11.3 Å². The lowest BCUT2D eigenvalue weighted by molar-refractivity contribution is 0.0141. The molecule has 0 saturated carbocycles. The van der Waals surface area contributed by atoms with Gasteiger partial charge in [-0.15, -0.1) is 0 Å². The van der Waals surface area contributed by atoms with E-state index in [0.717, 1.165) is 12.8 Å². The van der Waals surface area contributed by atoms with Crippen molar-refractivity contribution in [3.63, 3.8) is 0 Å². The van der Waals surface area contributed by atoms with Crippen LogP contribution in [0.2, 0.25) is 0 Å². The standard InChI is InChI=1S/C10H22F2N2O/c1-8(2)3-4-9(14-13)5-6-15-7-10(11)12/h8-10,14H,3-7,13H2,1-2H3. The Labute approximate surface area is 90.3 Å². The van der Waals surface area contributed by atoms with Gasteiger partial charge in [0, 0.05) is 12.6 Å². The molecule has 0 aromatic carbocycles. The third kappa shape index (κ3) is 10.0. The number of hydrogen-bond acceptors (Lipinski definition) is 3. The molecule has 0 fully saturated rings. The van der Waals surface area contributed by atoms with Gasteiger partial charge in [0.25, 0.3) is 6.43 Å². The van der Waals surface area contributed by atoms with Gasteiger partial charge in [0.15, 0.2) is 0 Å². The number of nitrogens with two attached hydrogens (primary N) is 1. The molecule has 15 heavy (non-hydrogen) atoms. The van der Waals surface area contributed by atoms with Crippen molar-refractivity contribution >= 4 is 0 Å². The average molecular weight is 224 g/mol. The van der Waals surface area contributed by atoms with Gasteiger partial charge in [0.2, 0.25) is 0 Å². The summed E-state index contributed by atoms with van der Waals surface area (Å²) in [5.74, 6) is 5.97. The minimum atomic E-state index is -2.38. The summed E-state index contributed by atoms with van der Waals surface area (Å²) in [6.07, 6.45) is 0.316. The number of ether oxygens (including phenoxy) is 1. The minimum Gasteiger partial charge on any atom is -0.375 e. The van der Waals surface area contributed by atoms with E-state index in [2.05, 4.69) is 19.3 Å². The van der Waals surface area contributed by atoms with Crippen LogP contribution in [0.15, 0.2) is 0 Å². The van der Waals surface area contributed by atoms with E-state index in [9.17, 15) is 8.78 Å². The molecule has 3 nitrogen and oxygen atoms in total. The molecular weight excluding hydrogens is 202 g/mol. The van der Waals surface area contributed by atoms with Gasteiger partial charge in [-0.1, -0.05) is 13.8 Å². The summed E-state index contributed by atoms with van der Waals surface area (Å²) in [7, 11) is 0. The molecule has 0 radical (unpaired) electrons. The molecule has 5 heteroatoms. The van der Waals surface area contributed by atoms with E-state index >= 15 is 0 Å². The molecule has 0 aliphatic carbocycles. The Morgan fingerprint density at radius 2 is 1.87 bits per heavy atom. The molecule has 0 heterocycles. The molecule has 3 N–H and O–H groups in total. The van der Waals surface area contributed by atoms with Crippen molar-refractivity contribution in [1.29, 1.82) is 0 Å². The third-order valence-corrected chi connectivity index (χ3v) is 2.18. The fourth-order valence-corrected chi connectivity index (χ4v) is 1.24. The SMILES string of the molecule is CC(C)CCC(CCOCC(F)F)NN. The summed E-state index contributed by atoms with van der Waals surface area (Å²) in [5.41, 5.74) is 2.68. The van der Waals surface area contributed by atoms with Gasteiger partial charge < -0.3 is 4.74 Å². The van der Waals surface area contributed by atoms with Crippen LogP contribution in [0.25, 0.3) is 0 Å². The summed E-state index contributed by atoms with van der Waals surface area (Å²) in [6.45, 7) is 4.13. The van der Waals surface area contributed by atoms with Crippen LogP contribution in [0, 0.1) is 5.92 Å². The van der Waals surface area contributed by atoms with Crippen LogP contribution in [0.5, 0.6) is 0 Å². The molecule has 0 amide bonds. The Balaban J connectivity index is 3.44. The highest BCUT2D eigenvalue weighted by Gasteiger charge is 2.08.